The highest BCUT2D eigenvalue weighted by molar-refractivity contribution is 6.34. The number of carbonyl (C=O) groups is 1. The number of rotatable bonds is 6. The molecule has 3 heterocycles. The highest BCUT2D eigenvalue weighted by Crippen LogP contribution is 2.28. The minimum Gasteiger partial charge on any atom is -0.445 e. The van der Waals surface area contributed by atoms with Crippen LogP contribution in [0.15, 0.2) is 22.6 Å². The number of aromatic amines is 1. The van der Waals surface area contributed by atoms with E-state index in [2.05, 4.69) is 30.9 Å². The Morgan fingerprint density at radius 1 is 1.23 bits per heavy atom. The molecule has 2 aromatic heterocycles. The Morgan fingerprint density at radius 3 is 2.65 bits per heavy atom. The van der Waals surface area contributed by atoms with E-state index in [1.807, 2.05) is 6.92 Å². The fourth-order valence-corrected chi connectivity index (χ4v) is 3.91. The van der Waals surface area contributed by atoms with Crippen LogP contribution in [0.25, 0.3) is 0 Å². The molecule has 3 aromatic rings. The van der Waals surface area contributed by atoms with E-state index in [-0.39, 0.29) is 18.6 Å². The number of nitrogens with zero attached hydrogens (tertiary/aromatic N) is 5. The number of ether oxygens (including phenoxy) is 1. The van der Waals surface area contributed by atoms with Gasteiger partial charge in [-0.15, -0.1) is 10.2 Å². The average Bonchev–Trinajstić information content (AvgIpc) is 3.39. The van der Waals surface area contributed by atoms with Crippen molar-refractivity contribution in [1.82, 2.24) is 30.5 Å². The average molecular weight is 466 g/mol. The molecule has 0 aliphatic carbocycles. The monoisotopic (exact) mass is 465 g/mol. The van der Waals surface area contributed by atoms with Crippen LogP contribution in [0.5, 0.6) is 0 Å². The number of piperidine rings is 1. The van der Waals surface area contributed by atoms with Crippen molar-refractivity contribution < 1.29 is 13.9 Å². The van der Waals surface area contributed by atoms with E-state index in [4.69, 9.17) is 32.4 Å². The maximum absolute atomic E-state index is 12.4. The summed E-state index contributed by atoms with van der Waals surface area (Å²) in [5, 5.41) is 22.7. The predicted octanol–water partition coefficient (Wildman–Crippen LogP) is 3.93. The molecule has 10 nitrogen and oxygen atoms in total. The molecule has 4 rings (SSSR count). The first-order valence-electron chi connectivity index (χ1n) is 9.78. The molecule has 1 aliphatic heterocycles. The van der Waals surface area contributed by atoms with Crippen molar-refractivity contribution in [2.24, 2.45) is 0 Å². The number of benzene rings is 1. The van der Waals surface area contributed by atoms with E-state index >= 15 is 0 Å². The van der Waals surface area contributed by atoms with Crippen LogP contribution in [0.3, 0.4) is 0 Å². The van der Waals surface area contributed by atoms with Gasteiger partial charge in [0.25, 0.3) is 0 Å². The number of hydrogen-bond acceptors (Lipinski definition) is 8. The number of H-pyrrole nitrogens is 1. The van der Waals surface area contributed by atoms with E-state index in [9.17, 15) is 4.79 Å². The Kier molecular flexibility index (Phi) is 6.57. The largest absolute Gasteiger partial charge is 0.445 e. The van der Waals surface area contributed by atoms with Crippen molar-refractivity contribution in [3.05, 3.63) is 51.1 Å². The van der Waals surface area contributed by atoms with Crippen molar-refractivity contribution >= 4 is 35.3 Å². The summed E-state index contributed by atoms with van der Waals surface area (Å²) in [6.07, 6.45) is 1.05. The summed E-state index contributed by atoms with van der Waals surface area (Å²) in [5.41, 5.74) is 2.41. The molecular formula is C19H21Cl2N7O3. The highest BCUT2D eigenvalue weighted by Gasteiger charge is 2.28. The quantitative estimate of drug-likeness (QED) is 0.561. The van der Waals surface area contributed by atoms with Gasteiger partial charge in [-0.05, 0) is 43.5 Å². The molecule has 1 aromatic carbocycles. The predicted molar refractivity (Wildman–Crippen MR) is 113 cm³/mol. The van der Waals surface area contributed by atoms with Gasteiger partial charge in [-0.2, -0.15) is 0 Å². The molecule has 1 amide bonds. The molecule has 1 aliphatic rings. The van der Waals surface area contributed by atoms with E-state index < -0.39 is 0 Å². The lowest BCUT2D eigenvalue weighted by atomic mass is 9.97. The van der Waals surface area contributed by atoms with Crippen LogP contribution < -0.4 is 5.32 Å². The lowest BCUT2D eigenvalue weighted by molar-refractivity contribution is 0.0856. The zero-order chi connectivity index (χ0) is 21.8. The van der Waals surface area contributed by atoms with Gasteiger partial charge < -0.3 is 19.4 Å². The molecule has 1 saturated heterocycles. The molecule has 164 valence electrons. The number of anilines is 1. The summed E-state index contributed by atoms with van der Waals surface area (Å²) in [4.78, 5) is 14.0. The number of likely N-dealkylation sites (tertiary alicyclic amines) is 1. The first-order valence-corrected chi connectivity index (χ1v) is 10.5. The fourth-order valence-electron chi connectivity index (χ4n) is 3.34. The van der Waals surface area contributed by atoms with E-state index in [1.54, 1.807) is 23.1 Å². The Labute approximate surface area is 188 Å². The summed E-state index contributed by atoms with van der Waals surface area (Å²) in [5.74, 6) is 0.651. The second-order valence-electron chi connectivity index (χ2n) is 7.27. The molecule has 0 atom stereocenters. The van der Waals surface area contributed by atoms with Gasteiger partial charge in [0.15, 0.2) is 0 Å². The van der Waals surface area contributed by atoms with Gasteiger partial charge in [0.1, 0.15) is 6.61 Å². The number of nitrogens with one attached hydrogen (secondary N) is 2. The molecule has 0 unspecified atom stereocenters. The summed E-state index contributed by atoms with van der Waals surface area (Å²) in [6.45, 7) is 3.53. The molecule has 31 heavy (non-hydrogen) atoms. The summed E-state index contributed by atoms with van der Waals surface area (Å²) < 4.78 is 11.1. The van der Waals surface area contributed by atoms with Crippen LogP contribution in [0, 0.1) is 6.92 Å². The number of amides is 1. The maximum Gasteiger partial charge on any atom is 0.410 e. The van der Waals surface area contributed by atoms with Crippen LogP contribution in [-0.2, 0) is 17.9 Å². The molecule has 0 radical (unpaired) electrons. The van der Waals surface area contributed by atoms with Crippen molar-refractivity contribution in [3.63, 3.8) is 0 Å². The molecule has 1 fully saturated rings. The van der Waals surface area contributed by atoms with Crippen molar-refractivity contribution in [2.45, 2.75) is 38.8 Å². The summed E-state index contributed by atoms with van der Waals surface area (Å²) in [7, 11) is 0. The Hall–Kier alpha value is -2.85. The van der Waals surface area contributed by atoms with Gasteiger partial charge in [0.05, 0.1) is 17.9 Å². The summed E-state index contributed by atoms with van der Waals surface area (Å²) >= 11 is 12.0. The highest BCUT2D eigenvalue weighted by atomic mass is 35.5. The lowest BCUT2D eigenvalue weighted by Gasteiger charge is -2.29. The molecular weight excluding hydrogens is 445 g/mol. The molecule has 0 saturated carbocycles. The summed E-state index contributed by atoms with van der Waals surface area (Å²) in [6, 6.07) is 5.41. The van der Waals surface area contributed by atoms with Crippen molar-refractivity contribution in [3.8, 4) is 0 Å². The van der Waals surface area contributed by atoms with E-state index in [0.29, 0.717) is 54.4 Å². The first-order chi connectivity index (χ1) is 15.0. The minimum absolute atomic E-state index is 0.0920. The molecule has 12 heteroatoms. The van der Waals surface area contributed by atoms with Gasteiger partial charge in [-0.1, -0.05) is 33.5 Å². The normalized spacial score (nSPS) is 14.6. The maximum atomic E-state index is 12.4. The molecule has 0 bridgehead atoms. The SMILES string of the molecule is Cc1nn[nH]c1CNc1nnc(C2CCN(C(=O)OCc3cc(Cl)cc(Cl)c3)CC2)o1. The van der Waals surface area contributed by atoms with Crippen LogP contribution in [0.4, 0.5) is 10.8 Å². The lowest BCUT2D eigenvalue weighted by Crippen LogP contribution is -2.38. The standard InChI is InChI=1S/C19H21Cl2N7O3/c1-11-16(24-27-23-11)9-22-18-26-25-17(31-18)13-2-4-28(5-3-13)19(29)30-10-12-6-14(20)8-15(21)7-12/h6-8,13H,2-5,9-10H2,1H3,(H,22,26)(H,23,24,27). The Balaban J connectivity index is 1.24. The van der Waals surface area contributed by atoms with Gasteiger partial charge >= 0.3 is 12.1 Å². The number of carbonyl (C=O) groups excluding carboxylic acids is 1. The van der Waals surface area contributed by atoms with Crippen molar-refractivity contribution in [2.75, 3.05) is 18.4 Å². The third-order valence-electron chi connectivity index (χ3n) is 5.07. The molecule has 2 N–H and O–H groups in total. The van der Waals surface area contributed by atoms with Crippen LogP contribution in [-0.4, -0.2) is 49.7 Å². The molecule has 0 spiro atoms. The van der Waals surface area contributed by atoms with Crippen molar-refractivity contribution in [1.29, 1.82) is 0 Å². The van der Waals surface area contributed by atoms with Crippen LogP contribution in [0.1, 0.15) is 41.6 Å². The zero-order valence-electron chi connectivity index (χ0n) is 16.8. The Morgan fingerprint density at radius 2 is 1.97 bits per heavy atom. The number of hydrogen-bond donors (Lipinski definition) is 2. The van der Waals surface area contributed by atoms with Gasteiger partial charge in [0.2, 0.25) is 5.89 Å². The second kappa shape index (κ2) is 9.52. The number of aromatic nitrogens is 5. The van der Waals surface area contributed by atoms with Gasteiger partial charge in [-0.3, -0.25) is 5.10 Å². The fraction of sp³-hybridized carbons (Fsp3) is 0.421. The second-order valence-corrected chi connectivity index (χ2v) is 8.14. The minimum atomic E-state index is -0.369. The van der Waals surface area contributed by atoms with Crippen LogP contribution in [0.2, 0.25) is 10.0 Å². The van der Waals surface area contributed by atoms with Crippen LogP contribution >= 0.6 is 23.2 Å². The third-order valence-corrected chi connectivity index (χ3v) is 5.50. The van der Waals surface area contributed by atoms with Gasteiger partial charge in [0, 0.05) is 29.1 Å². The third kappa shape index (κ3) is 5.45. The topological polar surface area (TPSA) is 122 Å². The Bertz CT molecular complexity index is 1030. The number of halogens is 2. The van der Waals surface area contributed by atoms with Gasteiger partial charge in [-0.25, -0.2) is 4.79 Å². The smallest absolute Gasteiger partial charge is 0.410 e. The first kappa shape index (κ1) is 21.4. The number of aryl methyl sites for hydroxylation is 1. The van der Waals surface area contributed by atoms with E-state index in [0.717, 1.165) is 17.0 Å². The van der Waals surface area contributed by atoms with E-state index in [1.165, 1.54) is 0 Å². The zero-order valence-corrected chi connectivity index (χ0v) is 18.3.